The average molecular weight is 1280 g/mol. The lowest BCUT2D eigenvalue weighted by molar-refractivity contribution is -0.398. The Morgan fingerprint density at radius 1 is 0.455 bits per heavy atom. The SMILES string of the molecule is C=C1CC23CCC4C(C)(C(=O)OC5OC(CO)C(O)C(OC6OC(CO)C(O)C(O)C6O)C5OC5O[C@H](CO)C(O)C(O)C5O)CCCC4(C)C2CCC1(OC1OC(CO)C(O)C(OC2OC(CO)C(O)C(O)C2O)C1OC1OC(C)C(O)C(O)C1O)C3. The standard InChI is InChI=1S/C56H90O32/c1-19-12-55-10-6-26-53(3,27(55)7-11-56(19,18-55)88-51-45(86-46-38(72)34(68)28(62)20(2)77-46)43(33(67)25(17-61)82-51)84-48-40(74)36(70)30(64)22(14-58)79-48)8-5-9-54(26,4)52(76)87-50-44(85-49-41(75)37(71)31(65)23(15-59)80-49)42(32(66)24(16-60)81-50)83-47-39(73)35(69)29(63)21(13-57)78-47/h20-51,57-75H,1,5-18H2,2-4H3/t20?,21?,22?,23-,24?,25?,26?,27?,28?,29?,30?,31?,32?,33?,34?,35?,36?,37?,38?,39?,40?,41?,42?,43?,44?,45?,46?,47?,48?,49?,50?,51?,53?,54?,55?,56?/m1/s1. The zero-order chi connectivity index (χ0) is 64.0. The van der Waals surface area contributed by atoms with Gasteiger partial charge in [0.05, 0.1) is 50.2 Å². The fourth-order valence-corrected chi connectivity index (χ4v) is 16.4. The highest BCUT2D eigenvalue weighted by atomic mass is 16.8. The van der Waals surface area contributed by atoms with Gasteiger partial charge in [0.15, 0.2) is 37.6 Å². The molecule has 506 valence electrons. The van der Waals surface area contributed by atoms with Crippen LogP contribution in [0.5, 0.6) is 0 Å². The first kappa shape index (κ1) is 68.9. The fourth-order valence-electron chi connectivity index (χ4n) is 16.4. The highest BCUT2D eigenvalue weighted by Crippen LogP contribution is 2.74. The van der Waals surface area contributed by atoms with Crippen LogP contribution in [0.3, 0.4) is 0 Å². The Balaban J connectivity index is 0.919. The molecule has 32 heteroatoms. The molecular formula is C56H90O32. The van der Waals surface area contributed by atoms with E-state index >= 15 is 4.79 Å². The minimum Gasteiger partial charge on any atom is -0.432 e. The van der Waals surface area contributed by atoms with E-state index in [1.54, 1.807) is 6.92 Å². The number of esters is 1. The van der Waals surface area contributed by atoms with Gasteiger partial charge in [0, 0.05) is 0 Å². The van der Waals surface area contributed by atoms with Gasteiger partial charge >= 0.3 is 5.97 Å². The lowest BCUT2D eigenvalue weighted by Gasteiger charge is -2.64. The number of aliphatic hydroxyl groups excluding tert-OH is 19. The Hall–Kier alpha value is -1.99. The van der Waals surface area contributed by atoms with E-state index in [2.05, 4.69) is 13.5 Å². The van der Waals surface area contributed by atoms with Crippen LogP contribution in [0.15, 0.2) is 12.2 Å². The van der Waals surface area contributed by atoms with E-state index in [0.29, 0.717) is 50.5 Å². The second-order valence-corrected chi connectivity index (χ2v) is 26.4. The van der Waals surface area contributed by atoms with Gasteiger partial charge in [-0.15, -0.1) is 0 Å². The maximum atomic E-state index is 15.4. The summed E-state index contributed by atoms with van der Waals surface area (Å²) in [4.78, 5) is 15.4. The van der Waals surface area contributed by atoms with Crippen molar-refractivity contribution in [2.75, 3.05) is 33.0 Å². The average Bonchev–Trinajstić information content (AvgIpc) is 0.951. The van der Waals surface area contributed by atoms with Crippen molar-refractivity contribution < 1.29 is 159 Å². The summed E-state index contributed by atoms with van der Waals surface area (Å²) in [6, 6.07) is 0. The molecule has 1 spiro atoms. The molecule has 10 rings (SSSR count). The van der Waals surface area contributed by atoms with Gasteiger partial charge < -0.3 is 154 Å². The van der Waals surface area contributed by atoms with Crippen molar-refractivity contribution in [2.24, 2.45) is 28.1 Å². The van der Waals surface area contributed by atoms with E-state index in [0.717, 1.165) is 0 Å². The van der Waals surface area contributed by atoms with E-state index in [4.69, 9.17) is 56.8 Å². The molecule has 0 amide bonds. The maximum Gasteiger partial charge on any atom is 0.314 e. The molecular weight excluding hydrogens is 1180 g/mol. The Morgan fingerprint density at radius 2 is 0.841 bits per heavy atom. The summed E-state index contributed by atoms with van der Waals surface area (Å²) in [5.74, 6) is -1.38. The van der Waals surface area contributed by atoms with Crippen LogP contribution in [0.1, 0.15) is 78.6 Å². The van der Waals surface area contributed by atoms with Crippen LogP contribution in [0.25, 0.3) is 0 Å². The van der Waals surface area contributed by atoms with Crippen molar-refractivity contribution in [3.05, 3.63) is 12.2 Å². The summed E-state index contributed by atoms with van der Waals surface area (Å²) in [5.41, 5.74) is -3.10. The quantitative estimate of drug-likeness (QED) is 0.0365. The number of fused-ring (bicyclic) bond motifs is 3. The normalized spacial score (nSPS) is 55.0. The number of carbonyl (C=O) groups is 1. The first-order valence-corrected chi connectivity index (χ1v) is 30.3. The summed E-state index contributed by atoms with van der Waals surface area (Å²) in [5, 5.41) is 205. The first-order valence-electron chi connectivity index (χ1n) is 30.3. The van der Waals surface area contributed by atoms with Gasteiger partial charge in [-0.25, -0.2) is 0 Å². The molecule has 0 aromatic heterocycles. The van der Waals surface area contributed by atoms with Gasteiger partial charge in [0.2, 0.25) is 6.29 Å². The zero-order valence-corrected chi connectivity index (χ0v) is 48.9. The van der Waals surface area contributed by atoms with Crippen molar-refractivity contribution in [2.45, 2.75) is 268 Å². The number of carbonyl (C=O) groups excluding carboxylic acids is 1. The first-order chi connectivity index (χ1) is 41.6. The van der Waals surface area contributed by atoms with Crippen LogP contribution in [0.4, 0.5) is 0 Å². The van der Waals surface area contributed by atoms with Gasteiger partial charge in [0.1, 0.15) is 134 Å². The second kappa shape index (κ2) is 26.7. The minimum absolute atomic E-state index is 0.130. The van der Waals surface area contributed by atoms with Crippen LogP contribution in [0.2, 0.25) is 0 Å². The van der Waals surface area contributed by atoms with E-state index in [9.17, 15) is 97.0 Å². The summed E-state index contributed by atoms with van der Waals surface area (Å²) in [6.45, 7) is 5.42. The third-order valence-corrected chi connectivity index (χ3v) is 21.3. The van der Waals surface area contributed by atoms with Gasteiger partial charge in [-0.3, -0.25) is 4.79 Å². The van der Waals surface area contributed by atoms with Crippen LogP contribution in [-0.2, 0) is 61.6 Å². The van der Waals surface area contributed by atoms with Crippen LogP contribution in [0, 0.1) is 28.1 Å². The van der Waals surface area contributed by atoms with Gasteiger partial charge in [-0.2, -0.15) is 0 Å². The lowest BCUT2D eigenvalue weighted by Crippen LogP contribution is -2.68. The van der Waals surface area contributed by atoms with Crippen LogP contribution >= 0.6 is 0 Å². The van der Waals surface area contributed by atoms with Crippen molar-refractivity contribution in [3.8, 4) is 0 Å². The van der Waals surface area contributed by atoms with Crippen molar-refractivity contribution in [1.82, 2.24) is 0 Å². The van der Waals surface area contributed by atoms with Gasteiger partial charge in [-0.05, 0) is 93.5 Å². The van der Waals surface area contributed by atoms with Gasteiger partial charge in [0.25, 0.3) is 0 Å². The molecule has 36 atom stereocenters. The smallest absolute Gasteiger partial charge is 0.314 e. The summed E-state index contributed by atoms with van der Waals surface area (Å²) in [6.07, 6.45) is -50.1. The Bertz CT molecular complexity index is 2380. The molecule has 6 aliphatic heterocycles. The molecule has 32 nitrogen and oxygen atoms in total. The highest BCUT2D eigenvalue weighted by molar-refractivity contribution is 5.77. The monoisotopic (exact) mass is 1270 g/mol. The minimum atomic E-state index is -2.07. The molecule has 0 aromatic rings. The molecule has 0 radical (unpaired) electrons. The Kier molecular flexibility index (Phi) is 20.9. The van der Waals surface area contributed by atoms with E-state index in [-0.39, 0.29) is 18.8 Å². The van der Waals surface area contributed by atoms with Crippen LogP contribution in [-0.4, -0.2) is 326 Å². The highest BCUT2D eigenvalue weighted by Gasteiger charge is 2.70. The Labute approximate surface area is 505 Å². The predicted molar refractivity (Wildman–Crippen MR) is 283 cm³/mol. The summed E-state index contributed by atoms with van der Waals surface area (Å²) in [7, 11) is 0. The van der Waals surface area contributed by atoms with Crippen molar-refractivity contribution >= 4 is 5.97 Å². The van der Waals surface area contributed by atoms with E-state index in [1.165, 1.54) is 6.92 Å². The largest absolute Gasteiger partial charge is 0.432 e. The van der Waals surface area contributed by atoms with Crippen LogP contribution < -0.4 is 0 Å². The molecule has 0 aromatic carbocycles. The molecule has 4 saturated carbocycles. The van der Waals surface area contributed by atoms with Crippen molar-refractivity contribution in [1.29, 1.82) is 0 Å². The molecule has 10 aliphatic rings. The second-order valence-electron chi connectivity index (χ2n) is 26.4. The topological polar surface area (TPSA) is 512 Å². The lowest BCUT2D eigenvalue weighted by atomic mass is 9.41. The molecule has 2 bridgehead atoms. The maximum absolute atomic E-state index is 15.4. The fraction of sp³-hybridized carbons (Fsp3) is 0.946. The number of rotatable bonds is 17. The predicted octanol–water partition coefficient (Wildman–Crippen LogP) is -8.44. The summed E-state index contributed by atoms with van der Waals surface area (Å²) < 4.78 is 73.2. The molecule has 10 fully saturated rings. The zero-order valence-electron chi connectivity index (χ0n) is 48.9. The molecule has 6 heterocycles. The Morgan fingerprint density at radius 3 is 1.31 bits per heavy atom. The molecule has 19 N–H and O–H groups in total. The number of ether oxygens (including phenoxy) is 12. The molecule has 35 unspecified atom stereocenters. The van der Waals surface area contributed by atoms with Crippen molar-refractivity contribution in [3.63, 3.8) is 0 Å². The van der Waals surface area contributed by atoms with E-state index < -0.39 is 251 Å². The third-order valence-electron chi connectivity index (χ3n) is 21.3. The molecule has 88 heavy (non-hydrogen) atoms. The molecule has 6 saturated heterocycles. The number of aliphatic hydroxyl groups is 19. The molecule has 4 aliphatic carbocycles. The van der Waals surface area contributed by atoms with Gasteiger partial charge in [-0.1, -0.05) is 19.9 Å². The number of hydrogen-bond acceptors (Lipinski definition) is 32. The number of hydrogen-bond donors (Lipinski definition) is 19. The summed E-state index contributed by atoms with van der Waals surface area (Å²) >= 11 is 0. The van der Waals surface area contributed by atoms with E-state index in [1.807, 2.05) is 0 Å². The third kappa shape index (κ3) is 12.0.